The summed E-state index contributed by atoms with van der Waals surface area (Å²) in [6, 6.07) is 19.9. The summed E-state index contributed by atoms with van der Waals surface area (Å²) in [6.45, 7) is 5.10. The fourth-order valence-electron chi connectivity index (χ4n) is 2.85. The summed E-state index contributed by atoms with van der Waals surface area (Å²) >= 11 is 0. The third-order valence-electron chi connectivity index (χ3n) is 4.47. The first-order valence-electron chi connectivity index (χ1n) is 9.32. The van der Waals surface area contributed by atoms with Crippen LogP contribution in [0, 0.1) is 5.82 Å². The number of carbonyl (C=O) groups excluding carboxylic acids is 1. The van der Waals surface area contributed by atoms with Gasteiger partial charge in [0.1, 0.15) is 11.5 Å². The maximum absolute atomic E-state index is 13.0. The number of anilines is 1. The van der Waals surface area contributed by atoms with E-state index >= 15 is 0 Å². The molecular weight excluding hydrogens is 353 g/mol. The Bertz CT molecular complexity index is 893. The van der Waals surface area contributed by atoms with Gasteiger partial charge in [-0.2, -0.15) is 0 Å². The average Bonchev–Trinajstić information content (AvgIpc) is 2.72. The molecule has 2 aromatic carbocycles. The van der Waals surface area contributed by atoms with E-state index in [1.165, 1.54) is 12.1 Å². The summed E-state index contributed by atoms with van der Waals surface area (Å²) in [4.78, 5) is 19.1. The predicted octanol–water partition coefficient (Wildman–Crippen LogP) is 4.88. The van der Waals surface area contributed by atoms with E-state index in [1.807, 2.05) is 55.1 Å². The molecule has 0 spiro atoms. The lowest BCUT2D eigenvalue weighted by atomic mass is 10.1. The van der Waals surface area contributed by atoms with E-state index in [9.17, 15) is 9.18 Å². The highest BCUT2D eigenvalue weighted by molar-refractivity contribution is 5.92. The molecule has 0 atom stereocenters. The molecule has 0 saturated carbocycles. The first-order valence-corrected chi connectivity index (χ1v) is 9.32. The quantitative estimate of drug-likeness (QED) is 0.638. The number of amides is 1. The Morgan fingerprint density at radius 2 is 1.71 bits per heavy atom. The molecule has 0 aliphatic carbocycles. The highest BCUT2D eigenvalue weighted by Crippen LogP contribution is 2.15. The Labute approximate surface area is 165 Å². The van der Waals surface area contributed by atoms with Crippen molar-refractivity contribution in [1.29, 1.82) is 0 Å². The van der Waals surface area contributed by atoms with Gasteiger partial charge in [0.25, 0.3) is 5.91 Å². The minimum absolute atomic E-state index is 0.0609. The highest BCUT2D eigenvalue weighted by atomic mass is 19.1. The van der Waals surface area contributed by atoms with Crippen LogP contribution in [-0.2, 0) is 13.1 Å². The zero-order valence-corrected chi connectivity index (χ0v) is 16.1. The number of hydrogen-bond acceptors (Lipinski definition) is 3. The molecule has 28 heavy (non-hydrogen) atoms. The van der Waals surface area contributed by atoms with Crippen molar-refractivity contribution in [1.82, 2.24) is 9.88 Å². The second kappa shape index (κ2) is 9.13. The number of nitrogens with one attached hydrogen (secondary N) is 1. The lowest BCUT2D eigenvalue weighted by Gasteiger charge is -2.26. The van der Waals surface area contributed by atoms with Gasteiger partial charge >= 0.3 is 0 Å². The average molecular weight is 377 g/mol. The van der Waals surface area contributed by atoms with Crippen molar-refractivity contribution in [3.8, 4) is 0 Å². The van der Waals surface area contributed by atoms with Gasteiger partial charge in [0.05, 0.1) is 11.9 Å². The van der Waals surface area contributed by atoms with Gasteiger partial charge in [0, 0.05) is 19.1 Å². The molecule has 0 fully saturated rings. The molecule has 1 heterocycles. The molecule has 0 aliphatic rings. The maximum Gasteiger partial charge on any atom is 0.272 e. The van der Waals surface area contributed by atoms with E-state index in [2.05, 4.69) is 10.3 Å². The molecule has 0 aliphatic heterocycles. The molecule has 0 unspecified atom stereocenters. The summed E-state index contributed by atoms with van der Waals surface area (Å²) in [5, 5.41) is 3.23. The van der Waals surface area contributed by atoms with Crippen LogP contribution in [0.4, 0.5) is 10.1 Å². The molecule has 3 aromatic rings. The van der Waals surface area contributed by atoms with Crippen LogP contribution in [0.15, 0.2) is 72.9 Å². The van der Waals surface area contributed by atoms with Crippen LogP contribution in [-0.4, -0.2) is 21.8 Å². The Balaban J connectivity index is 1.65. The minimum Gasteiger partial charge on any atom is -0.380 e. The molecule has 5 heteroatoms. The first-order chi connectivity index (χ1) is 13.5. The lowest BCUT2D eigenvalue weighted by Crippen LogP contribution is -2.36. The molecule has 1 amide bonds. The lowest BCUT2D eigenvalue weighted by molar-refractivity contribution is 0.0684. The maximum atomic E-state index is 13.0. The van der Waals surface area contributed by atoms with Crippen LogP contribution >= 0.6 is 0 Å². The third-order valence-corrected chi connectivity index (χ3v) is 4.47. The van der Waals surface area contributed by atoms with E-state index in [0.717, 1.165) is 16.8 Å². The van der Waals surface area contributed by atoms with Crippen LogP contribution in [0.3, 0.4) is 0 Å². The third kappa shape index (κ3) is 5.16. The Kier molecular flexibility index (Phi) is 6.37. The van der Waals surface area contributed by atoms with Crippen LogP contribution in [0.1, 0.15) is 35.5 Å². The number of benzene rings is 2. The monoisotopic (exact) mass is 377 g/mol. The fraction of sp³-hybridized carbons (Fsp3) is 0.217. The van der Waals surface area contributed by atoms with Gasteiger partial charge in [0.15, 0.2) is 0 Å². The molecule has 1 aromatic heterocycles. The van der Waals surface area contributed by atoms with Gasteiger partial charge in [0.2, 0.25) is 0 Å². The Hall–Kier alpha value is -3.21. The second-order valence-electron chi connectivity index (χ2n) is 6.92. The molecule has 144 valence electrons. The molecule has 0 bridgehead atoms. The summed E-state index contributed by atoms with van der Waals surface area (Å²) in [7, 11) is 0. The standard InChI is InChI=1S/C23H24FN3O/c1-17(2)27(16-19-6-4-3-5-7-19)23(28)22-13-12-21(15-26-22)25-14-18-8-10-20(24)11-9-18/h3-13,15,17,25H,14,16H2,1-2H3. The number of rotatable bonds is 7. The normalized spacial score (nSPS) is 10.7. The Morgan fingerprint density at radius 3 is 2.32 bits per heavy atom. The van der Waals surface area contributed by atoms with E-state index in [4.69, 9.17) is 0 Å². The number of carbonyl (C=O) groups is 1. The largest absolute Gasteiger partial charge is 0.380 e. The SMILES string of the molecule is CC(C)N(Cc1ccccc1)C(=O)c1ccc(NCc2ccc(F)cc2)cn1. The van der Waals surface area contributed by atoms with Gasteiger partial charge < -0.3 is 10.2 Å². The Morgan fingerprint density at radius 1 is 1.00 bits per heavy atom. The molecule has 0 saturated heterocycles. The van der Waals surface area contributed by atoms with Gasteiger partial charge in [-0.15, -0.1) is 0 Å². The van der Waals surface area contributed by atoms with Crippen LogP contribution in [0.2, 0.25) is 0 Å². The van der Waals surface area contributed by atoms with E-state index in [1.54, 1.807) is 24.4 Å². The second-order valence-corrected chi connectivity index (χ2v) is 6.92. The molecule has 1 N–H and O–H groups in total. The van der Waals surface area contributed by atoms with Crippen molar-refractivity contribution in [3.63, 3.8) is 0 Å². The van der Waals surface area contributed by atoms with Crippen LogP contribution in [0.5, 0.6) is 0 Å². The highest BCUT2D eigenvalue weighted by Gasteiger charge is 2.20. The molecular formula is C23H24FN3O. The smallest absolute Gasteiger partial charge is 0.272 e. The van der Waals surface area contributed by atoms with Crippen molar-refractivity contribution in [2.45, 2.75) is 33.0 Å². The first kappa shape index (κ1) is 19.5. The van der Waals surface area contributed by atoms with E-state index in [-0.39, 0.29) is 17.8 Å². The number of nitrogens with zero attached hydrogens (tertiary/aromatic N) is 2. The van der Waals surface area contributed by atoms with Crippen molar-refractivity contribution in [3.05, 3.63) is 95.6 Å². The van der Waals surface area contributed by atoms with E-state index < -0.39 is 0 Å². The number of hydrogen-bond donors (Lipinski definition) is 1. The van der Waals surface area contributed by atoms with Crippen LogP contribution in [0.25, 0.3) is 0 Å². The number of pyridine rings is 1. The molecule has 4 nitrogen and oxygen atoms in total. The van der Waals surface area contributed by atoms with Crippen molar-refractivity contribution in [2.24, 2.45) is 0 Å². The number of aromatic nitrogens is 1. The summed E-state index contributed by atoms with van der Waals surface area (Å²) in [5.74, 6) is -0.345. The van der Waals surface area contributed by atoms with Gasteiger partial charge in [-0.25, -0.2) is 9.37 Å². The van der Waals surface area contributed by atoms with Crippen molar-refractivity contribution >= 4 is 11.6 Å². The van der Waals surface area contributed by atoms with Crippen LogP contribution < -0.4 is 5.32 Å². The summed E-state index contributed by atoms with van der Waals surface area (Å²) in [6.07, 6.45) is 1.65. The summed E-state index contributed by atoms with van der Waals surface area (Å²) in [5.41, 5.74) is 3.27. The zero-order valence-electron chi connectivity index (χ0n) is 16.1. The van der Waals surface area contributed by atoms with Gasteiger partial charge in [-0.05, 0) is 49.2 Å². The zero-order chi connectivity index (χ0) is 19.9. The topological polar surface area (TPSA) is 45.2 Å². The minimum atomic E-state index is -0.251. The molecule has 3 rings (SSSR count). The van der Waals surface area contributed by atoms with Gasteiger partial charge in [-0.3, -0.25) is 4.79 Å². The van der Waals surface area contributed by atoms with Crippen molar-refractivity contribution < 1.29 is 9.18 Å². The molecule has 0 radical (unpaired) electrons. The van der Waals surface area contributed by atoms with E-state index in [0.29, 0.717) is 18.8 Å². The summed E-state index contributed by atoms with van der Waals surface area (Å²) < 4.78 is 13.0. The van der Waals surface area contributed by atoms with Gasteiger partial charge in [-0.1, -0.05) is 42.5 Å². The fourth-order valence-corrected chi connectivity index (χ4v) is 2.85. The predicted molar refractivity (Wildman–Crippen MR) is 109 cm³/mol. The van der Waals surface area contributed by atoms with Crippen molar-refractivity contribution in [2.75, 3.05) is 5.32 Å². The number of halogens is 1.